The number of carbonyl (C=O) groups excluding carboxylic acids is 1. The average Bonchev–Trinajstić information content (AvgIpc) is 2.89. The number of rotatable bonds is 4. The molecule has 2 N–H and O–H groups in total. The molecule has 1 aromatic heterocycles. The van der Waals surface area contributed by atoms with Gasteiger partial charge in [0.25, 0.3) is 5.91 Å². The predicted octanol–water partition coefficient (Wildman–Crippen LogP) is 0.624. The highest BCUT2D eigenvalue weighted by Crippen LogP contribution is 2.10. The lowest BCUT2D eigenvalue weighted by Crippen LogP contribution is -2.37. The van der Waals surface area contributed by atoms with Gasteiger partial charge in [0.2, 0.25) is 0 Å². The third-order valence-electron chi connectivity index (χ3n) is 2.91. The Bertz CT molecular complexity index is 336. The summed E-state index contributed by atoms with van der Waals surface area (Å²) in [7, 11) is 0. The van der Waals surface area contributed by atoms with E-state index in [0.717, 1.165) is 26.1 Å². The molecule has 5 nitrogen and oxygen atoms in total. The van der Waals surface area contributed by atoms with E-state index in [0.29, 0.717) is 5.56 Å². The molecule has 1 atom stereocenters. The smallest absolute Gasteiger partial charge is 0.254 e. The number of nitrogens with zero attached hydrogens (tertiary/aromatic N) is 2. The standard InChI is InChI=1S/C11H18N4O/c1-2-4-15-5-3-10(8-15)14-11(16)9-6-12-13-7-9/h6-7,10H,2-5,8H2,1H3,(H,12,13)(H,14,16)/t10-/m1/s1. The van der Waals surface area contributed by atoms with Crippen molar-refractivity contribution >= 4 is 5.91 Å². The normalized spacial score (nSPS) is 21.2. The summed E-state index contributed by atoms with van der Waals surface area (Å²) in [6, 6.07) is 0.286. The number of H-pyrrole nitrogens is 1. The van der Waals surface area contributed by atoms with Crippen LogP contribution in [0.5, 0.6) is 0 Å². The summed E-state index contributed by atoms with van der Waals surface area (Å²) in [5.74, 6) is -0.0305. The second-order valence-corrected chi connectivity index (χ2v) is 4.25. The fourth-order valence-corrected chi connectivity index (χ4v) is 2.11. The molecular formula is C11H18N4O. The van der Waals surface area contributed by atoms with Crippen molar-refractivity contribution in [1.29, 1.82) is 0 Å². The maximum atomic E-state index is 11.7. The van der Waals surface area contributed by atoms with Gasteiger partial charge in [-0.2, -0.15) is 5.10 Å². The molecule has 1 saturated heterocycles. The molecular weight excluding hydrogens is 204 g/mol. The molecule has 0 saturated carbocycles. The first kappa shape index (κ1) is 11.1. The van der Waals surface area contributed by atoms with E-state index in [9.17, 15) is 4.79 Å². The number of nitrogens with one attached hydrogen (secondary N) is 2. The van der Waals surface area contributed by atoms with Gasteiger partial charge in [-0.25, -0.2) is 0 Å². The monoisotopic (exact) mass is 222 g/mol. The minimum absolute atomic E-state index is 0.0305. The number of amides is 1. The minimum atomic E-state index is -0.0305. The highest BCUT2D eigenvalue weighted by molar-refractivity contribution is 5.93. The Morgan fingerprint density at radius 2 is 2.62 bits per heavy atom. The van der Waals surface area contributed by atoms with Crippen molar-refractivity contribution in [3.05, 3.63) is 18.0 Å². The number of hydrogen-bond acceptors (Lipinski definition) is 3. The molecule has 1 aliphatic rings. The number of aromatic amines is 1. The van der Waals surface area contributed by atoms with Gasteiger partial charge in [0, 0.05) is 25.3 Å². The summed E-state index contributed by atoms with van der Waals surface area (Å²) in [6.07, 6.45) is 5.38. The molecule has 16 heavy (non-hydrogen) atoms. The zero-order chi connectivity index (χ0) is 11.4. The molecule has 0 aliphatic carbocycles. The van der Waals surface area contributed by atoms with Gasteiger partial charge in [-0.15, -0.1) is 0 Å². The lowest BCUT2D eigenvalue weighted by atomic mass is 10.2. The van der Waals surface area contributed by atoms with Crippen molar-refractivity contribution in [2.45, 2.75) is 25.8 Å². The molecule has 2 rings (SSSR count). The molecule has 1 aliphatic heterocycles. The van der Waals surface area contributed by atoms with Gasteiger partial charge in [-0.05, 0) is 19.4 Å². The maximum Gasteiger partial charge on any atom is 0.254 e. The average molecular weight is 222 g/mol. The lowest BCUT2D eigenvalue weighted by Gasteiger charge is -2.15. The Labute approximate surface area is 95.2 Å². The van der Waals surface area contributed by atoms with Gasteiger partial charge in [0.1, 0.15) is 0 Å². The first-order chi connectivity index (χ1) is 7.79. The summed E-state index contributed by atoms with van der Waals surface area (Å²) in [6.45, 7) is 5.36. The Morgan fingerprint density at radius 3 is 3.31 bits per heavy atom. The van der Waals surface area contributed by atoms with Crippen LogP contribution in [-0.2, 0) is 0 Å². The first-order valence-corrected chi connectivity index (χ1v) is 5.81. The molecule has 88 valence electrons. The highest BCUT2D eigenvalue weighted by atomic mass is 16.1. The minimum Gasteiger partial charge on any atom is -0.348 e. The second-order valence-electron chi connectivity index (χ2n) is 4.25. The molecule has 1 fully saturated rings. The van der Waals surface area contributed by atoms with E-state index in [-0.39, 0.29) is 11.9 Å². The third-order valence-corrected chi connectivity index (χ3v) is 2.91. The van der Waals surface area contributed by atoms with Crippen LogP contribution in [0.3, 0.4) is 0 Å². The second kappa shape index (κ2) is 5.12. The molecule has 2 heterocycles. The van der Waals surface area contributed by atoms with E-state index in [1.807, 2.05) is 0 Å². The van der Waals surface area contributed by atoms with Gasteiger partial charge in [-0.3, -0.25) is 9.89 Å². The fraction of sp³-hybridized carbons (Fsp3) is 0.636. The van der Waals surface area contributed by atoms with E-state index in [1.165, 1.54) is 6.42 Å². The zero-order valence-corrected chi connectivity index (χ0v) is 9.57. The fourth-order valence-electron chi connectivity index (χ4n) is 2.11. The maximum absolute atomic E-state index is 11.7. The van der Waals surface area contributed by atoms with Crippen LogP contribution < -0.4 is 5.32 Å². The van der Waals surface area contributed by atoms with Crippen molar-refractivity contribution in [2.24, 2.45) is 0 Å². The lowest BCUT2D eigenvalue weighted by molar-refractivity contribution is 0.0938. The molecule has 0 aromatic carbocycles. The van der Waals surface area contributed by atoms with E-state index in [1.54, 1.807) is 12.4 Å². The number of carbonyl (C=O) groups is 1. The van der Waals surface area contributed by atoms with Crippen LogP contribution in [0.25, 0.3) is 0 Å². The van der Waals surface area contributed by atoms with E-state index < -0.39 is 0 Å². The van der Waals surface area contributed by atoms with Crippen LogP contribution in [-0.4, -0.2) is 46.7 Å². The first-order valence-electron chi connectivity index (χ1n) is 5.81. The molecule has 1 amide bonds. The molecule has 0 unspecified atom stereocenters. The van der Waals surface area contributed by atoms with Gasteiger partial charge < -0.3 is 10.2 Å². The summed E-state index contributed by atoms with van der Waals surface area (Å²) in [4.78, 5) is 14.1. The van der Waals surface area contributed by atoms with Crippen LogP contribution in [0.15, 0.2) is 12.4 Å². The van der Waals surface area contributed by atoms with Crippen molar-refractivity contribution in [1.82, 2.24) is 20.4 Å². The van der Waals surface area contributed by atoms with Crippen LogP contribution in [0.2, 0.25) is 0 Å². The van der Waals surface area contributed by atoms with Crippen LogP contribution in [0.4, 0.5) is 0 Å². The van der Waals surface area contributed by atoms with E-state index in [4.69, 9.17) is 0 Å². The van der Waals surface area contributed by atoms with Gasteiger partial charge in [0.15, 0.2) is 0 Å². The highest BCUT2D eigenvalue weighted by Gasteiger charge is 2.23. The Morgan fingerprint density at radius 1 is 1.75 bits per heavy atom. The molecule has 5 heteroatoms. The van der Waals surface area contributed by atoms with Crippen molar-refractivity contribution in [2.75, 3.05) is 19.6 Å². The zero-order valence-electron chi connectivity index (χ0n) is 9.57. The Balaban J connectivity index is 1.81. The van der Waals surface area contributed by atoms with E-state index in [2.05, 4.69) is 27.3 Å². The van der Waals surface area contributed by atoms with Gasteiger partial charge >= 0.3 is 0 Å². The summed E-state index contributed by atoms with van der Waals surface area (Å²) >= 11 is 0. The summed E-state index contributed by atoms with van der Waals surface area (Å²) < 4.78 is 0. The van der Waals surface area contributed by atoms with Crippen molar-refractivity contribution < 1.29 is 4.79 Å². The summed E-state index contributed by atoms with van der Waals surface area (Å²) in [5.41, 5.74) is 0.606. The largest absolute Gasteiger partial charge is 0.348 e. The van der Waals surface area contributed by atoms with Crippen molar-refractivity contribution in [3.63, 3.8) is 0 Å². The predicted molar refractivity (Wildman–Crippen MR) is 61.2 cm³/mol. The Hall–Kier alpha value is -1.36. The molecule has 0 bridgehead atoms. The van der Waals surface area contributed by atoms with Gasteiger partial charge in [-0.1, -0.05) is 6.92 Å². The molecule has 0 radical (unpaired) electrons. The number of aromatic nitrogens is 2. The van der Waals surface area contributed by atoms with Crippen LogP contribution >= 0.6 is 0 Å². The Kier molecular flexibility index (Phi) is 3.56. The topological polar surface area (TPSA) is 61.0 Å². The summed E-state index contributed by atoms with van der Waals surface area (Å²) in [5, 5.41) is 9.44. The molecule has 1 aromatic rings. The third kappa shape index (κ3) is 2.61. The van der Waals surface area contributed by atoms with Crippen LogP contribution in [0, 0.1) is 0 Å². The SMILES string of the molecule is CCCN1CC[C@@H](NC(=O)c2cn[nH]c2)C1. The quantitative estimate of drug-likeness (QED) is 0.785. The van der Waals surface area contributed by atoms with Crippen molar-refractivity contribution in [3.8, 4) is 0 Å². The van der Waals surface area contributed by atoms with Gasteiger partial charge in [0.05, 0.1) is 11.8 Å². The van der Waals surface area contributed by atoms with E-state index >= 15 is 0 Å². The number of hydrogen-bond donors (Lipinski definition) is 2. The number of likely N-dealkylation sites (tertiary alicyclic amines) is 1. The van der Waals surface area contributed by atoms with Crippen LogP contribution in [0.1, 0.15) is 30.1 Å². The molecule has 0 spiro atoms.